The minimum absolute atomic E-state index is 0.368. The molecule has 1 amide bonds. The van der Waals surface area contributed by atoms with Gasteiger partial charge in [-0.15, -0.1) is 0 Å². The van der Waals surface area contributed by atoms with Crippen LogP contribution in [0.4, 0.5) is 4.79 Å². The lowest BCUT2D eigenvalue weighted by Gasteiger charge is -2.33. The van der Waals surface area contributed by atoms with Crippen molar-refractivity contribution < 1.29 is 28.2 Å². The van der Waals surface area contributed by atoms with Crippen LogP contribution in [0.5, 0.6) is 17.2 Å². The van der Waals surface area contributed by atoms with E-state index < -0.39 is 18.2 Å². The average molecular weight is 553 g/mol. The molecule has 2 heterocycles. The van der Waals surface area contributed by atoms with E-state index in [-0.39, 0.29) is 0 Å². The molecule has 0 N–H and O–H groups in total. The van der Waals surface area contributed by atoms with E-state index >= 15 is 0 Å². The monoisotopic (exact) mass is 552 g/mol. The Morgan fingerprint density at radius 3 is 2.49 bits per heavy atom. The maximum atomic E-state index is 13.4. The number of ether oxygens (including phenoxy) is 3. The predicted molar refractivity (Wildman–Crippen MR) is 154 cm³/mol. The van der Waals surface area contributed by atoms with E-state index in [0.717, 1.165) is 28.9 Å². The number of oxazole rings is 1. The minimum Gasteiger partial charge on any atom is -0.497 e. The quantitative estimate of drug-likeness (QED) is 0.168. The highest BCUT2D eigenvalue weighted by Crippen LogP contribution is 2.33. The predicted octanol–water partition coefficient (Wildman–Crippen LogP) is 6.74. The number of hydrogen-bond acceptors (Lipinski definition) is 7. The van der Waals surface area contributed by atoms with Gasteiger partial charge >= 0.3 is 6.09 Å². The number of hydrogen-bond donors (Lipinski definition) is 0. The van der Waals surface area contributed by atoms with Crippen molar-refractivity contribution in [1.82, 2.24) is 9.88 Å². The zero-order valence-electron chi connectivity index (χ0n) is 23.1. The zero-order valence-corrected chi connectivity index (χ0v) is 23.1. The Morgan fingerprint density at radius 2 is 1.73 bits per heavy atom. The van der Waals surface area contributed by atoms with Crippen molar-refractivity contribution in [2.45, 2.75) is 38.3 Å². The summed E-state index contributed by atoms with van der Waals surface area (Å²) in [6.07, 6.45) is 5.64. The van der Waals surface area contributed by atoms with E-state index in [0.29, 0.717) is 49.0 Å². The molecule has 0 aliphatic carbocycles. The van der Waals surface area contributed by atoms with Gasteiger partial charge in [0.15, 0.2) is 0 Å². The highest BCUT2D eigenvalue weighted by Gasteiger charge is 2.34. The molecule has 0 bridgehead atoms. The Kier molecular flexibility index (Phi) is 8.79. The van der Waals surface area contributed by atoms with Crippen molar-refractivity contribution in [2.24, 2.45) is 0 Å². The summed E-state index contributed by atoms with van der Waals surface area (Å²) in [5.41, 5.74) is 2.61. The van der Waals surface area contributed by atoms with Crippen LogP contribution >= 0.6 is 0 Å². The first-order valence-electron chi connectivity index (χ1n) is 13.5. The number of rotatable bonds is 9. The fraction of sp³-hybridized carbons (Fsp3) is 0.242. The molecule has 1 aromatic heterocycles. The molecule has 0 radical (unpaired) electrons. The van der Waals surface area contributed by atoms with Crippen molar-refractivity contribution in [3.05, 3.63) is 108 Å². The molecule has 3 aromatic carbocycles. The second kappa shape index (κ2) is 13.0. The van der Waals surface area contributed by atoms with Crippen LogP contribution in [0.3, 0.4) is 0 Å². The highest BCUT2D eigenvalue weighted by molar-refractivity contribution is 5.76. The van der Waals surface area contributed by atoms with Gasteiger partial charge in [-0.3, -0.25) is 4.90 Å². The number of carbonyl (C=O) groups is 2. The second-order valence-corrected chi connectivity index (χ2v) is 9.67. The summed E-state index contributed by atoms with van der Waals surface area (Å²) in [6.45, 7) is 2.30. The van der Waals surface area contributed by atoms with Crippen LogP contribution in [0.2, 0.25) is 0 Å². The summed E-state index contributed by atoms with van der Waals surface area (Å²) in [4.78, 5) is 31.6. The maximum absolute atomic E-state index is 13.4. The molecule has 41 heavy (non-hydrogen) atoms. The van der Waals surface area contributed by atoms with Gasteiger partial charge in [0.1, 0.15) is 29.3 Å². The normalized spacial score (nSPS) is 16.6. The number of carbonyl (C=O) groups excluding carboxylic acids is 2. The van der Waals surface area contributed by atoms with Crippen molar-refractivity contribution in [1.29, 1.82) is 0 Å². The smallest absolute Gasteiger partial charge is 0.416 e. The van der Waals surface area contributed by atoms with Gasteiger partial charge in [-0.25, -0.2) is 9.78 Å². The number of aldehydes is 1. The van der Waals surface area contributed by atoms with Gasteiger partial charge in [-0.2, -0.15) is 0 Å². The number of nitrogens with zero attached hydrogens (tertiary/aromatic N) is 2. The molecule has 1 aliphatic rings. The minimum atomic E-state index is -0.664. The van der Waals surface area contributed by atoms with Gasteiger partial charge in [0, 0.05) is 12.0 Å². The summed E-state index contributed by atoms with van der Waals surface area (Å²) in [6, 6.07) is 23.0. The van der Waals surface area contributed by atoms with Crippen LogP contribution in [0, 0.1) is 6.92 Å². The lowest BCUT2D eigenvalue weighted by atomic mass is 10.0. The molecular formula is C33H32N2O6. The van der Waals surface area contributed by atoms with Gasteiger partial charge in [0.2, 0.25) is 5.89 Å². The Balaban J connectivity index is 1.29. The molecule has 8 nitrogen and oxygen atoms in total. The van der Waals surface area contributed by atoms with Gasteiger partial charge < -0.3 is 23.4 Å². The molecule has 0 saturated carbocycles. The first-order chi connectivity index (χ1) is 20.1. The Hall–Kier alpha value is -4.85. The van der Waals surface area contributed by atoms with Crippen molar-refractivity contribution in [3.8, 4) is 28.7 Å². The van der Waals surface area contributed by atoms with Gasteiger partial charge in [0.25, 0.3) is 0 Å². The molecular weight excluding hydrogens is 520 g/mol. The van der Waals surface area contributed by atoms with E-state index in [1.807, 2.05) is 73.7 Å². The van der Waals surface area contributed by atoms with Crippen LogP contribution in [0.1, 0.15) is 35.9 Å². The summed E-state index contributed by atoms with van der Waals surface area (Å²) < 4.78 is 22.8. The molecule has 1 aliphatic heterocycles. The van der Waals surface area contributed by atoms with Gasteiger partial charge in [-0.1, -0.05) is 42.5 Å². The molecule has 0 spiro atoms. The molecule has 2 atom stereocenters. The van der Waals surface area contributed by atoms with Crippen LogP contribution in [-0.4, -0.2) is 42.0 Å². The molecule has 0 unspecified atom stereocenters. The second-order valence-electron chi connectivity index (χ2n) is 9.67. The number of aryl methyl sites for hydroxylation is 1. The molecule has 5 rings (SSSR count). The lowest BCUT2D eigenvalue weighted by molar-refractivity contribution is -0.112. The Morgan fingerprint density at radius 1 is 0.976 bits per heavy atom. The SMILES string of the molecule is COc1ccc(OC(=O)N2[C@H](C=O)CC=CC[C@H]2c2cccc(OCCc3nc(-c4ccccc4)oc3C)c2)cc1. The van der Waals surface area contributed by atoms with E-state index in [4.69, 9.17) is 18.6 Å². The van der Waals surface area contributed by atoms with Crippen LogP contribution < -0.4 is 14.2 Å². The zero-order chi connectivity index (χ0) is 28.6. The fourth-order valence-corrected chi connectivity index (χ4v) is 4.84. The van der Waals surface area contributed by atoms with Gasteiger partial charge in [-0.05, 0) is 73.9 Å². The summed E-state index contributed by atoms with van der Waals surface area (Å²) in [7, 11) is 1.57. The maximum Gasteiger partial charge on any atom is 0.416 e. The topological polar surface area (TPSA) is 91.1 Å². The molecule has 8 heteroatoms. The Bertz CT molecular complexity index is 1500. The van der Waals surface area contributed by atoms with E-state index in [1.54, 1.807) is 31.4 Å². The molecule has 210 valence electrons. The third-order valence-electron chi connectivity index (χ3n) is 6.99. The third-order valence-corrected chi connectivity index (χ3v) is 6.99. The first-order valence-corrected chi connectivity index (χ1v) is 13.5. The third kappa shape index (κ3) is 6.66. The summed E-state index contributed by atoms with van der Waals surface area (Å²) in [5, 5.41) is 0. The summed E-state index contributed by atoms with van der Waals surface area (Å²) in [5.74, 6) is 3.03. The van der Waals surface area contributed by atoms with Crippen LogP contribution in [0.25, 0.3) is 11.5 Å². The lowest BCUT2D eigenvalue weighted by Crippen LogP contribution is -2.44. The van der Waals surface area contributed by atoms with Crippen LogP contribution in [-0.2, 0) is 11.2 Å². The van der Waals surface area contributed by atoms with Crippen molar-refractivity contribution in [3.63, 3.8) is 0 Å². The van der Waals surface area contributed by atoms with Crippen molar-refractivity contribution >= 4 is 12.4 Å². The molecule has 0 fully saturated rings. The van der Waals surface area contributed by atoms with E-state index in [2.05, 4.69) is 4.98 Å². The van der Waals surface area contributed by atoms with Crippen LogP contribution in [0.15, 0.2) is 95.4 Å². The number of aromatic nitrogens is 1. The number of benzene rings is 3. The first kappa shape index (κ1) is 27.7. The molecule has 0 saturated heterocycles. The number of amides is 1. The fourth-order valence-electron chi connectivity index (χ4n) is 4.84. The van der Waals surface area contributed by atoms with E-state index in [1.165, 1.54) is 4.90 Å². The summed E-state index contributed by atoms with van der Waals surface area (Å²) >= 11 is 0. The molecule has 4 aromatic rings. The highest BCUT2D eigenvalue weighted by atomic mass is 16.6. The van der Waals surface area contributed by atoms with Gasteiger partial charge in [0.05, 0.1) is 31.5 Å². The Labute approximate surface area is 239 Å². The van der Waals surface area contributed by atoms with E-state index in [9.17, 15) is 9.59 Å². The number of methoxy groups -OCH3 is 1. The standard InChI is InChI=1S/C33H32N2O6/c1-23-30(34-32(40-23)24-9-4-3-5-10-24)19-20-39-29-13-8-11-25(21-29)31-14-7-6-12-26(22-36)35(31)33(37)41-28-17-15-27(38-2)16-18-28/h3-11,13,15-18,21-22,26,31H,12,14,19-20H2,1-2H3/t26-,31-/m0/s1. The largest absolute Gasteiger partial charge is 0.497 e. The van der Waals surface area contributed by atoms with Crippen molar-refractivity contribution in [2.75, 3.05) is 13.7 Å². The average Bonchev–Trinajstić information content (AvgIpc) is 3.23.